The van der Waals surface area contributed by atoms with Crippen LogP contribution < -0.4 is 5.32 Å². The summed E-state index contributed by atoms with van der Waals surface area (Å²) in [7, 11) is 0. The van der Waals surface area contributed by atoms with Gasteiger partial charge < -0.3 is 24.8 Å². The van der Waals surface area contributed by atoms with Crippen LogP contribution in [0, 0.1) is 0 Å². The molecule has 1 aliphatic carbocycles. The van der Waals surface area contributed by atoms with Gasteiger partial charge in [-0.1, -0.05) is 0 Å². The first-order chi connectivity index (χ1) is 13.2. The minimum atomic E-state index is -0.567. The van der Waals surface area contributed by atoms with Gasteiger partial charge in [-0.05, 0) is 72.1 Å². The molecule has 0 unspecified atom stereocenters. The average Bonchev–Trinajstić information content (AvgIpc) is 2.60. The second-order valence-corrected chi connectivity index (χ2v) is 9.61. The predicted octanol–water partition coefficient (Wildman–Crippen LogP) is 2.74. The van der Waals surface area contributed by atoms with E-state index in [4.69, 9.17) is 9.47 Å². The van der Waals surface area contributed by atoms with E-state index in [0.717, 1.165) is 51.4 Å². The van der Waals surface area contributed by atoms with Crippen LogP contribution in [0.15, 0.2) is 0 Å². The highest BCUT2D eigenvalue weighted by molar-refractivity contribution is 5.78. The van der Waals surface area contributed by atoms with Crippen LogP contribution >= 0.6 is 0 Å². The van der Waals surface area contributed by atoms with Gasteiger partial charge in [-0.25, -0.2) is 4.79 Å². The van der Waals surface area contributed by atoms with Gasteiger partial charge in [0, 0.05) is 13.0 Å². The van der Waals surface area contributed by atoms with E-state index in [0.29, 0.717) is 19.6 Å². The number of hydrogen-bond donors (Lipinski definition) is 2. The molecule has 2 saturated heterocycles. The number of amides is 2. The smallest absolute Gasteiger partial charge is 0.410 e. The molecule has 2 atom stereocenters. The lowest BCUT2D eigenvalue weighted by Gasteiger charge is -2.52. The van der Waals surface area contributed by atoms with E-state index in [2.05, 4.69) is 5.32 Å². The van der Waals surface area contributed by atoms with Crippen LogP contribution in [0.1, 0.15) is 78.6 Å². The zero-order valence-electron chi connectivity index (χ0n) is 17.5. The molecule has 28 heavy (non-hydrogen) atoms. The molecular formula is C21H36N2O5. The van der Waals surface area contributed by atoms with Gasteiger partial charge >= 0.3 is 6.09 Å². The maximum atomic E-state index is 12.9. The van der Waals surface area contributed by atoms with E-state index in [1.54, 1.807) is 4.90 Å². The summed E-state index contributed by atoms with van der Waals surface area (Å²) in [5.74, 6) is 0.0584. The summed E-state index contributed by atoms with van der Waals surface area (Å²) in [6, 6.07) is -0.229. The Hall–Kier alpha value is -1.34. The van der Waals surface area contributed by atoms with Gasteiger partial charge in [0.15, 0.2) is 0 Å². The molecule has 1 spiro atoms. The fourth-order valence-corrected chi connectivity index (χ4v) is 4.82. The lowest BCUT2D eigenvalue weighted by atomic mass is 9.75. The highest BCUT2D eigenvalue weighted by Crippen LogP contribution is 2.36. The van der Waals surface area contributed by atoms with Gasteiger partial charge in [-0.2, -0.15) is 0 Å². The maximum Gasteiger partial charge on any atom is 0.410 e. The van der Waals surface area contributed by atoms with Crippen molar-refractivity contribution in [2.24, 2.45) is 0 Å². The molecule has 7 nitrogen and oxygen atoms in total. The van der Waals surface area contributed by atoms with Crippen LogP contribution in [0.25, 0.3) is 0 Å². The van der Waals surface area contributed by atoms with Gasteiger partial charge in [-0.15, -0.1) is 0 Å². The number of ether oxygens (including phenoxy) is 2. The van der Waals surface area contributed by atoms with Crippen molar-refractivity contribution < 1.29 is 24.2 Å². The van der Waals surface area contributed by atoms with E-state index in [-0.39, 0.29) is 30.3 Å². The molecule has 2 heterocycles. The van der Waals surface area contributed by atoms with Crippen LogP contribution in [-0.4, -0.2) is 64.5 Å². The van der Waals surface area contributed by atoms with Gasteiger partial charge in [-0.3, -0.25) is 4.79 Å². The van der Waals surface area contributed by atoms with Crippen molar-refractivity contribution in [2.45, 2.75) is 108 Å². The van der Waals surface area contributed by atoms with Crippen molar-refractivity contribution in [3.05, 3.63) is 0 Å². The Morgan fingerprint density at radius 2 is 1.89 bits per heavy atom. The second-order valence-electron chi connectivity index (χ2n) is 9.61. The lowest BCUT2D eigenvalue weighted by molar-refractivity contribution is -0.130. The molecule has 2 aliphatic heterocycles. The molecule has 0 aromatic carbocycles. The van der Waals surface area contributed by atoms with Crippen molar-refractivity contribution >= 4 is 12.0 Å². The zero-order valence-corrected chi connectivity index (χ0v) is 17.5. The fourth-order valence-electron chi connectivity index (χ4n) is 4.82. The molecule has 3 aliphatic rings. The first-order valence-corrected chi connectivity index (χ1v) is 10.8. The van der Waals surface area contributed by atoms with Crippen LogP contribution in [0.5, 0.6) is 0 Å². The Labute approximate surface area is 168 Å². The first kappa shape index (κ1) is 21.4. The number of carbonyl (C=O) groups is 2. The van der Waals surface area contributed by atoms with Gasteiger partial charge in [0.05, 0.1) is 30.4 Å². The summed E-state index contributed by atoms with van der Waals surface area (Å²) in [4.78, 5) is 26.9. The fraction of sp³-hybridized carbons (Fsp3) is 0.905. The first-order valence-electron chi connectivity index (χ1n) is 10.8. The Morgan fingerprint density at radius 3 is 2.54 bits per heavy atom. The number of likely N-dealkylation sites (tertiary alicyclic amines) is 1. The van der Waals surface area contributed by atoms with E-state index < -0.39 is 11.1 Å². The average molecular weight is 397 g/mol. The summed E-state index contributed by atoms with van der Waals surface area (Å²) in [5, 5.41) is 12.9. The Morgan fingerprint density at radius 1 is 1.21 bits per heavy atom. The standard InChI is InChI=1S/C21H36N2O5/c1-20(2,3)28-19(26)23-13-5-12-21(11-4-6-18(25)22-21)17(23)14-27-16-9-7-15(24)8-10-16/h15-17,24H,4-14H2,1-3H3,(H,22,25)/t15?,16?,17-,21-/m0/s1. The minimum Gasteiger partial charge on any atom is -0.444 e. The number of piperidine rings is 2. The van der Waals surface area contributed by atoms with Crippen LogP contribution in [0.4, 0.5) is 4.79 Å². The lowest BCUT2D eigenvalue weighted by Crippen LogP contribution is -2.69. The van der Waals surface area contributed by atoms with Crippen molar-refractivity contribution in [3.8, 4) is 0 Å². The Kier molecular flexibility index (Phi) is 6.54. The summed E-state index contributed by atoms with van der Waals surface area (Å²) >= 11 is 0. The van der Waals surface area contributed by atoms with E-state index >= 15 is 0 Å². The maximum absolute atomic E-state index is 12.9. The molecular weight excluding hydrogens is 360 g/mol. The van der Waals surface area contributed by atoms with Crippen LogP contribution in [-0.2, 0) is 14.3 Å². The van der Waals surface area contributed by atoms with E-state index in [1.807, 2.05) is 20.8 Å². The number of nitrogens with one attached hydrogen (secondary N) is 1. The van der Waals surface area contributed by atoms with Crippen molar-refractivity contribution in [1.82, 2.24) is 10.2 Å². The summed E-state index contributed by atoms with van der Waals surface area (Å²) in [5.41, 5.74) is -0.999. The van der Waals surface area contributed by atoms with Gasteiger partial charge in [0.25, 0.3) is 0 Å². The number of carbonyl (C=O) groups excluding carboxylic acids is 2. The molecule has 1 saturated carbocycles. The normalized spacial score (nSPS) is 34.2. The molecule has 2 N–H and O–H groups in total. The number of nitrogens with zero attached hydrogens (tertiary/aromatic N) is 1. The number of aliphatic hydroxyl groups excluding tert-OH is 1. The van der Waals surface area contributed by atoms with Crippen LogP contribution in [0.3, 0.4) is 0 Å². The molecule has 7 heteroatoms. The molecule has 0 aromatic rings. The monoisotopic (exact) mass is 396 g/mol. The van der Waals surface area contributed by atoms with Crippen molar-refractivity contribution in [2.75, 3.05) is 13.2 Å². The van der Waals surface area contributed by atoms with Crippen molar-refractivity contribution in [3.63, 3.8) is 0 Å². The topological polar surface area (TPSA) is 88.1 Å². The highest BCUT2D eigenvalue weighted by atomic mass is 16.6. The van der Waals surface area contributed by atoms with E-state index in [9.17, 15) is 14.7 Å². The predicted molar refractivity (Wildman–Crippen MR) is 105 cm³/mol. The summed E-state index contributed by atoms with van der Waals surface area (Å²) in [6.07, 6.45) is 6.65. The third kappa shape index (κ3) is 5.17. The minimum absolute atomic E-state index is 0.0584. The van der Waals surface area contributed by atoms with E-state index in [1.165, 1.54) is 0 Å². The van der Waals surface area contributed by atoms with Crippen molar-refractivity contribution in [1.29, 1.82) is 0 Å². The molecule has 0 bridgehead atoms. The largest absolute Gasteiger partial charge is 0.444 e. The molecule has 0 aromatic heterocycles. The number of hydrogen-bond acceptors (Lipinski definition) is 5. The molecule has 3 fully saturated rings. The summed E-state index contributed by atoms with van der Waals surface area (Å²) in [6.45, 7) is 6.60. The third-order valence-electron chi connectivity index (χ3n) is 6.21. The number of aliphatic hydroxyl groups is 1. The Balaban J connectivity index is 1.75. The SMILES string of the molecule is CC(C)(C)OC(=O)N1CCC[C@@]2(CCCC(=O)N2)[C@@H]1COC1CCC(O)CC1. The molecule has 3 rings (SSSR count). The zero-order chi connectivity index (χ0) is 20.4. The van der Waals surface area contributed by atoms with Gasteiger partial charge in [0.2, 0.25) is 5.91 Å². The molecule has 160 valence electrons. The Bertz CT molecular complexity index is 564. The summed E-state index contributed by atoms with van der Waals surface area (Å²) < 4.78 is 11.9. The third-order valence-corrected chi connectivity index (χ3v) is 6.21. The molecule has 2 amide bonds. The quantitative estimate of drug-likeness (QED) is 0.766. The van der Waals surface area contributed by atoms with Crippen LogP contribution in [0.2, 0.25) is 0 Å². The second kappa shape index (κ2) is 8.57. The molecule has 0 radical (unpaired) electrons. The highest BCUT2D eigenvalue weighted by Gasteiger charge is 2.49. The van der Waals surface area contributed by atoms with Gasteiger partial charge in [0.1, 0.15) is 5.60 Å². The number of rotatable bonds is 3.